The Morgan fingerprint density at radius 1 is 1.00 bits per heavy atom. The number of rotatable bonds is 15. The molecule has 46 heavy (non-hydrogen) atoms. The molecule has 0 aliphatic carbocycles. The van der Waals surface area contributed by atoms with Crippen LogP contribution in [0.4, 0.5) is 4.79 Å². The summed E-state index contributed by atoms with van der Waals surface area (Å²) >= 11 is 0. The fraction of sp³-hybridized carbons (Fsp3) is 0.432. The van der Waals surface area contributed by atoms with E-state index in [4.69, 9.17) is 10.5 Å². The van der Waals surface area contributed by atoms with E-state index < -0.39 is 30.1 Å². The van der Waals surface area contributed by atoms with Crippen molar-refractivity contribution < 1.29 is 24.2 Å². The molecule has 3 aromatic carbocycles. The van der Waals surface area contributed by atoms with Crippen LogP contribution >= 0.6 is 0 Å². The normalized spacial score (nSPS) is 16.3. The highest BCUT2D eigenvalue weighted by Crippen LogP contribution is 2.29. The molecule has 1 heterocycles. The van der Waals surface area contributed by atoms with Crippen LogP contribution < -0.4 is 21.1 Å². The summed E-state index contributed by atoms with van der Waals surface area (Å²) in [6.45, 7) is 10.3. The minimum absolute atomic E-state index is 0.0666. The SMILES string of the molecule is Cc1cc(C)c(OCC(=O)[C@@H](C(N)c2ccccc2)[C@H](O)C[C@H](Cc2ccccc2)NC(=O)C(C(C)C)N2CCNC2=O)c(C)c1. The first-order valence-corrected chi connectivity index (χ1v) is 16.1. The Balaban J connectivity index is 1.60. The van der Waals surface area contributed by atoms with E-state index in [9.17, 15) is 19.5 Å². The number of ketones is 1. The van der Waals surface area contributed by atoms with Crippen LogP contribution in [0.1, 0.15) is 54.1 Å². The van der Waals surface area contributed by atoms with Crippen LogP contribution in [-0.4, -0.2) is 65.6 Å². The number of hydrogen-bond donors (Lipinski definition) is 4. The van der Waals surface area contributed by atoms with Gasteiger partial charge in [0.05, 0.1) is 12.0 Å². The van der Waals surface area contributed by atoms with E-state index in [0.29, 0.717) is 30.8 Å². The van der Waals surface area contributed by atoms with Gasteiger partial charge >= 0.3 is 6.03 Å². The molecule has 2 unspecified atom stereocenters. The smallest absolute Gasteiger partial charge is 0.318 e. The quantitative estimate of drug-likeness (QED) is 0.197. The van der Waals surface area contributed by atoms with Crippen LogP contribution in [0.5, 0.6) is 5.75 Å². The van der Waals surface area contributed by atoms with E-state index in [1.165, 1.54) is 0 Å². The Morgan fingerprint density at radius 3 is 2.17 bits per heavy atom. The molecule has 9 nitrogen and oxygen atoms in total. The number of Topliss-reactive ketones (excluding diaryl/α,β-unsaturated/α-hetero) is 1. The van der Waals surface area contributed by atoms with Gasteiger partial charge in [-0.1, -0.05) is 92.2 Å². The van der Waals surface area contributed by atoms with Crippen molar-refractivity contribution in [3.8, 4) is 5.75 Å². The lowest BCUT2D eigenvalue weighted by Crippen LogP contribution is -2.54. The maximum atomic E-state index is 13.9. The van der Waals surface area contributed by atoms with Crippen LogP contribution in [0.3, 0.4) is 0 Å². The van der Waals surface area contributed by atoms with Crippen LogP contribution in [0, 0.1) is 32.6 Å². The Bertz CT molecular complexity index is 1460. The van der Waals surface area contributed by atoms with Gasteiger partial charge in [-0.3, -0.25) is 9.59 Å². The minimum Gasteiger partial charge on any atom is -0.485 e. The Hall–Kier alpha value is -4.21. The van der Waals surface area contributed by atoms with Gasteiger partial charge in [0, 0.05) is 25.2 Å². The largest absolute Gasteiger partial charge is 0.485 e. The van der Waals surface area contributed by atoms with E-state index in [-0.39, 0.29) is 36.7 Å². The van der Waals surface area contributed by atoms with Crippen molar-refractivity contribution in [2.75, 3.05) is 19.7 Å². The summed E-state index contributed by atoms with van der Waals surface area (Å²) in [5, 5.41) is 17.7. The number of nitrogens with one attached hydrogen (secondary N) is 2. The van der Waals surface area contributed by atoms with Crippen LogP contribution in [-0.2, 0) is 16.0 Å². The second kappa shape index (κ2) is 15.9. The van der Waals surface area contributed by atoms with Gasteiger partial charge in [0.1, 0.15) is 18.4 Å². The van der Waals surface area contributed by atoms with E-state index in [2.05, 4.69) is 10.6 Å². The van der Waals surface area contributed by atoms with E-state index >= 15 is 0 Å². The molecule has 246 valence electrons. The van der Waals surface area contributed by atoms with Crippen LogP contribution in [0.2, 0.25) is 0 Å². The topological polar surface area (TPSA) is 134 Å². The summed E-state index contributed by atoms with van der Waals surface area (Å²) in [4.78, 5) is 41.8. The summed E-state index contributed by atoms with van der Waals surface area (Å²) in [6, 6.07) is 20.6. The van der Waals surface area contributed by atoms with Gasteiger partial charge in [0.15, 0.2) is 5.78 Å². The maximum absolute atomic E-state index is 13.9. The summed E-state index contributed by atoms with van der Waals surface area (Å²) in [5.74, 6) is -1.14. The summed E-state index contributed by atoms with van der Waals surface area (Å²) in [5.41, 5.74) is 11.4. The molecule has 1 aliphatic rings. The molecule has 5 N–H and O–H groups in total. The van der Waals surface area contributed by atoms with Crippen molar-refractivity contribution in [1.82, 2.24) is 15.5 Å². The second-order valence-corrected chi connectivity index (χ2v) is 12.8. The molecular formula is C37H48N4O5. The molecule has 1 saturated heterocycles. The van der Waals surface area contributed by atoms with Crippen LogP contribution in [0.15, 0.2) is 72.8 Å². The van der Waals surface area contributed by atoms with E-state index in [0.717, 1.165) is 22.3 Å². The fourth-order valence-electron chi connectivity index (χ4n) is 6.54. The zero-order chi connectivity index (χ0) is 33.4. The molecule has 0 spiro atoms. The number of aliphatic hydroxyl groups excluding tert-OH is 1. The molecule has 0 radical (unpaired) electrons. The highest BCUT2D eigenvalue weighted by Gasteiger charge is 2.38. The van der Waals surface area contributed by atoms with Crippen molar-refractivity contribution in [1.29, 1.82) is 0 Å². The molecule has 0 saturated carbocycles. The van der Waals surface area contributed by atoms with Crippen molar-refractivity contribution in [3.05, 3.63) is 101 Å². The van der Waals surface area contributed by atoms with E-state index in [1.807, 2.05) is 107 Å². The average molecular weight is 629 g/mol. The molecule has 1 fully saturated rings. The number of aryl methyl sites for hydroxylation is 3. The monoisotopic (exact) mass is 628 g/mol. The first-order chi connectivity index (χ1) is 22.0. The van der Waals surface area contributed by atoms with Crippen molar-refractivity contribution in [2.24, 2.45) is 17.6 Å². The number of carbonyl (C=O) groups excluding carboxylic acids is 3. The first kappa shape index (κ1) is 34.7. The average Bonchev–Trinajstić information content (AvgIpc) is 3.42. The summed E-state index contributed by atoms with van der Waals surface area (Å²) < 4.78 is 6.06. The fourth-order valence-corrected chi connectivity index (χ4v) is 6.54. The number of nitrogens with zero attached hydrogens (tertiary/aromatic N) is 1. The predicted molar refractivity (Wildman–Crippen MR) is 179 cm³/mol. The number of hydrogen-bond acceptors (Lipinski definition) is 6. The van der Waals surface area contributed by atoms with Gasteiger partial charge in [-0.05, 0) is 61.8 Å². The van der Waals surface area contributed by atoms with Gasteiger partial charge in [-0.25, -0.2) is 4.79 Å². The third kappa shape index (κ3) is 8.73. The van der Waals surface area contributed by atoms with Gasteiger partial charge in [0.25, 0.3) is 0 Å². The Morgan fingerprint density at radius 2 is 1.61 bits per heavy atom. The molecule has 9 heteroatoms. The molecule has 0 bridgehead atoms. The number of ether oxygens (including phenoxy) is 1. The zero-order valence-electron chi connectivity index (χ0n) is 27.5. The maximum Gasteiger partial charge on any atom is 0.318 e. The predicted octanol–water partition coefficient (Wildman–Crippen LogP) is 4.40. The molecule has 5 atom stereocenters. The third-order valence-corrected chi connectivity index (χ3v) is 8.64. The minimum atomic E-state index is -1.20. The van der Waals surface area contributed by atoms with Crippen LogP contribution in [0.25, 0.3) is 0 Å². The highest BCUT2D eigenvalue weighted by atomic mass is 16.5. The number of aliphatic hydroxyl groups is 1. The zero-order valence-corrected chi connectivity index (χ0v) is 27.5. The molecular weight excluding hydrogens is 580 g/mol. The summed E-state index contributed by atoms with van der Waals surface area (Å²) in [6.07, 6.45) is -0.717. The number of urea groups is 1. The van der Waals surface area contributed by atoms with Crippen molar-refractivity contribution in [3.63, 3.8) is 0 Å². The number of nitrogens with two attached hydrogens (primary N) is 1. The Kier molecular flexibility index (Phi) is 12.0. The third-order valence-electron chi connectivity index (χ3n) is 8.64. The molecule has 1 aliphatic heterocycles. The van der Waals surface area contributed by atoms with Gasteiger partial charge in [0.2, 0.25) is 5.91 Å². The Labute approximate surface area is 272 Å². The lowest BCUT2D eigenvalue weighted by molar-refractivity contribution is -0.130. The van der Waals surface area contributed by atoms with Crippen molar-refractivity contribution >= 4 is 17.7 Å². The number of carbonyl (C=O) groups is 3. The van der Waals surface area contributed by atoms with Gasteiger partial charge < -0.3 is 31.1 Å². The van der Waals surface area contributed by atoms with E-state index in [1.54, 1.807) is 4.90 Å². The molecule has 3 amide bonds. The standard InChI is InChI=1S/C37H48N4O5/c1-23(2)34(41-17-16-39-37(41)45)36(44)40-29(20-27-12-8-6-9-13-27)21-30(42)32(33(38)28-14-10-7-11-15-28)31(43)22-46-35-25(4)18-24(3)19-26(35)5/h6-15,18-19,23,29-30,32-34,42H,16-17,20-22,38H2,1-5H3,(H,39,45)(H,40,44)/t29-,30+,32-,33?,34?/m0/s1. The number of amides is 3. The van der Waals surface area contributed by atoms with Gasteiger partial charge in [-0.2, -0.15) is 0 Å². The lowest BCUT2D eigenvalue weighted by atomic mass is 9.82. The first-order valence-electron chi connectivity index (χ1n) is 16.1. The number of benzene rings is 3. The van der Waals surface area contributed by atoms with Gasteiger partial charge in [-0.15, -0.1) is 0 Å². The molecule has 0 aromatic heterocycles. The van der Waals surface area contributed by atoms with Crippen molar-refractivity contribution in [2.45, 2.75) is 71.7 Å². The highest BCUT2D eigenvalue weighted by molar-refractivity contribution is 5.88. The second-order valence-electron chi connectivity index (χ2n) is 12.8. The summed E-state index contributed by atoms with van der Waals surface area (Å²) in [7, 11) is 0. The molecule has 4 rings (SSSR count). The molecule has 3 aromatic rings. The lowest BCUT2D eigenvalue weighted by Gasteiger charge is -2.33.